The van der Waals surface area contributed by atoms with Crippen LogP contribution in [0.3, 0.4) is 0 Å². The summed E-state index contributed by atoms with van der Waals surface area (Å²) in [4.78, 5) is -0.0653. The van der Waals surface area contributed by atoms with Crippen LogP contribution in [-0.4, -0.2) is 52.1 Å². The Morgan fingerprint density at radius 1 is 1.55 bits per heavy atom. The SMILES string of the molecule is CN(CC1CNCCO1)S(=O)(=O)c1ccc(Br)c(F)c1. The molecule has 1 saturated heterocycles. The van der Waals surface area contributed by atoms with Crippen LogP contribution in [0.25, 0.3) is 0 Å². The predicted molar refractivity (Wildman–Crippen MR) is 76.5 cm³/mol. The maximum atomic E-state index is 13.5. The summed E-state index contributed by atoms with van der Waals surface area (Å²) in [5, 5.41) is 3.14. The summed E-state index contributed by atoms with van der Waals surface area (Å²) in [6, 6.07) is 3.77. The first kappa shape index (κ1) is 15.8. The van der Waals surface area contributed by atoms with Gasteiger partial charge >= 0.3 is 0 Å². The maximum absolute atomic E-state index is 13.5. The quantitative estimate of drug-likeness (QED) is 0.869. The lowest BCUT2D eigenvalue weighted by atomic mass is 10.3. The predicted octanol–water partition coefficient (Wildman–Crippen LogP) is 1.20. The number of hydrogen-bond donors (Lipinski definition) is 1. The van der Waals surface area contributed by atoms with E-state index in [2.05, 4.69) is 21.2 Å². The summed E-state index contributed by atoms with van der Waals surface area (Å²) in [7, 11) is -2.25. The van der Waals surface area contributed by atoms with Crippen LogP contribution in [0.4, 0.5) is 4.39 Å². The highest BCUT2D eigenvalue weighted by Crippen LogP contribution is 2.21. The normalized spacial score (nSPS) is 20.3. The molecule has 0 aliphatic carbocycles. The van der Waals surface area contributed by atoms with Crippen molar-refractivity contribution >= 4 is 26.0 Å². The molecule has 1 fully saturated rings. The first-order valence-electron chi connectivity index (χ1n) is 6.15. The van der Waals surface area contributed by atoms with Gasteiger partial charge in [-0.2, -0.15) is 4.31 Å². The molecule has 20 heavy (non-hydrogen) atoms. The van der Waals surface area contributed by atoms with Gasteiger partial charge in [-0.15, -0.1) is 0 Å². The van der Waals surface area contributed by atoms with E-state index in [0.29, 0.717) is 13.2 Å². The molecule has 2 rings (SSSR count). The van der Waals surface area contributed by atoms with Crippen LogP contribution in [-0.2, 0) is 14.8 Å². The number of rotatable bonds is 4. The van der Waals surface area contributed by atoms with E-state index in [9.17, 15) is 12.8 Å². The summed E-state index contributed by atoms with van der Waals surface area (Å²) in [6.07, 6.45) is -0.191. The lowest BCUT2D eigenvalue weighted by Crippen LogP contribution is -2.45. The van der Waals surface area contributed by atoms with Crippen LogP contribution in [0.1, 0.15) is 0 Å². The molecule has 8 heteroatoms. The summed E-state index contributed by atoms with van der Waals surface area (Å²) in [5.41, 5.74) is 0. The molecular weight excluding hydrogens is 351 g/mol. The molecule has 0 radical (unpaired) electrons. The molecule has 0 spiro atoms. The molecule has 0 aromatic heterocycles. The Morgan fingerprint density at radius 3 is 2.90 bits per heavy atom. The van der Waals surface area contributed by atoms with Gasteiger partial charge in [0, 0.05) is 26.7 Å². The van der Waals surface area contributed by atoms with Crippen LogP contribution < -0.4 is 5.32 Å². The molecule has 1 unspecified atom stereocenters. The molecule has 112 valence electrons. The molecule has 1 aromatic rings. The zero-order valence-electron chi connectivity index (χ0n) is 11.0. The third-order valence-corrected chi connectivity index (χ3v) is 5.53. The summed E-state index contributed by atoms with van der Waals surface area (Å²) >= 11 is 3.00. The van der Waals surface area contributed by atoms with Crippen molar-refractivity contribution in [3.8, 4) is 0 Å². The number of morpholine rings is 1. The van der Waals surface area contributed by atoms with E-state index in [1.54, 1.807) is 0 Å². The lowest BCUT2D eigenvalue weighted by molar-refractivity contribution is 0.0206. The first-order chi connectivity index (χ1) is 9.41. The fourth-order valence-electron chi connectivity index (χ4n) is 1.94. The molecule has 1 atom stereocenters. The van der Waals surface area contributed by atoms with Gasteiger partial charge < -0.3 is 10.1 Å². The molecule has 1 aromatic carbocycles. The summed E-state index contributed by atoms with van der Waals surface area (Å²) in [5.74, 6) is -0.602. The molecule has 0 saturated carbocycles. The Labute approximate surface area is 126 Å². The Balaban J connectivity index is 2.13. The number of sulfonamides is 1. The zero-order chi connectivity index (χ0) is 14.8. The number of ether oxygens (including phenoxy) is 1. The van der Waals surface area contributed by atoms with E-state index >= 15 is 0 Å². The Bertz CT molecular complexity index is 576. The number of likely N-dealkylation sites (N-methyl/N-ethyl adjacent to an activating group) is 1. The molecule has 1 aliphatic heterocycles. The fourth-order valence-corrected chi connectivity index (χ4v) is 3.40. The van der Waals surface area contributed by atoms with Crippen LogP contribution in [0.2, 0.25) is 0 Å². The average Bonchev–Trinajstić information content (AvgIpc) is 2.42. The Hall–Kier alpha value is -0.540. The van der Waals surface area contributed by atoms with Crippen molar-refractivity contribution in [3.05, 3.63) is 28.5 Å². The second kappa shape index (κ2) is 6.48. The largest absolute Gasteiger partial charge is 0.374 e. The molecular formula is C12H16BrFN2O3S. The van der Waals surface area contributed by atoms with Gasteiger partial charge in [-0.1, -0.05) is 0 Å². The van der Waals surface area contributed by atoms with E-state index in [1.165, 1.54) is 23.5 Å². The number of nitrogens with one attached hydrogen (secondary N) is 1. The van der Waals surface area contributed by atoms with Crippen molar-refractivity contribution in [1.29, 1.82) is 0 Å². The van der Waals surface area contributed by atoms with Crippen molar-refractivity contribution in [1.82, 2.24) is 9.62 Å². The number of hydrogen-bond acceptors (Lipinski definition) is 4. The van der Waals surface area contributed by atoms with Gasteiger partial charge in [0.2, 0.25) is 10.0 Å². The fraction of sp³-hybridized carbons (Fsp3) is 0.500. The van der Waals surface area contributed by atoms with Gasteiger partial charge in [0.05, 0.1) is 22.1 Å². The lowest BCUT2D eigenvalue weighted by Gasteiger charge is -2.27. The van der Waals surface area contributed by atoms with Crippen LogP contribution in [0.5, 0.6) is 0 Å². The number of benzene rings is 1. The van der Waals surface area contributed by atoms with Crippen LogP contribution >= 0.6 is 15.9 Å². The second-order valence-electron chi connectivity index (χ2n) is 4.56. The summed E-state index contributed by atoms with van der Waals surface area (Å²) < 4.78 is 45.0. The third kappa shape index (κ3) is 3.56. The minimum absolute atomic E-state index is 0.0653. The first-order valence-corrected chi connectivity index (χ1v) is 8.38. The van der Waals surface area contributed by atoms with E-state index in [1.807, 2.05) is 0 Å². The van der Waals surface area contributed by atoms with Crippen LogP contribution in [0.15, 0.2) is 27.6 Å². The smallest absolute Gasteiger partial charge is 0.243 e. The highest BCUT2D eigenvalue weighted by molar-refractivity contribution is 9.10. The van der Waals surface area contributed by atoms with Crippen molar-refractivity contribution in [3.63, 3.8) is 0 Å². The monoisotopic (exact) mass is 366 g/mol. The second-order valence-corrected chi connectivity index (χ2v) is 7.46. The minimum atomic E-state index is -3.71. The van der Waals surface area contributed by atoms with Gasteiger partial charge in [-0.3, -0.25) is 0 Å². The van der Waals surface area contributed by atoms with Crippen LogP contribution in [0, 0.1) is 5.82 Å². The minimum Gasteiger partial charge on any atom is -0.374 e. The van der Waals surface area contributed by atoms with Crippen molar-refractivity contribution in [2.45, 2.75) is 11.0 Å². The van der Waals surface area contributed by atoms with Crippen molar-refractivity contribution in [2.75, 3.05) is 33.3 Å². The Kier molecular flexibility index (Phi) is 5.14. The van der Waals surface area contributed by atoms with Gasteiger partial charge in [0.25, 0.3) is 0 Å². The number of halogens is 2. The molecule has 5 nitrogen and oxygen atoms in total. The van der Waals surface area contributed by atoms with E-state index < -0.39 is 15.8 Å². The topological polar surface area (TPSA) is 58.6 Å². The third-order valence-electron chi connectivity index (χ3n) is 3.06. The van der Waals surface area contributed by atoms with Gasteiger partial charge in [0.15, 0.2) is 0 Å². The standard InChI is InChI=1S/C12H16BrFN2O3S/c1-16(8-9-7-15-4-5-19-9)20(17,18)10-2-3-11(13)12(14)6-10/h2-3,6,9,15H,4-5,7-8H2,1H3. The molecule has 0 bridgehead atoms. The summed E-state index contributed by atoms with van der Waals surface area (Å²) in [6.45, 7) is 2.16. The maximum Gasteiger partial charge on any atom is 0.243 e. The molecule has 1 heterocycles. The van der Waals surface area contributed by atoms with E-state index in [-0.39, 0.29) is 22.0 Å². The highest BCUT2D eigenvalue weighted by Gasteiger charge is 2.25. The van der Waals surface area contributed by atoms with Gasteiger partial charge in [-0.25, -0.2) is 12.8 Å². The van der Waals surface area contributed by atoms with Crippen molar-refractivity contribution in [2.24, 2.45) is 0 Å². The highest BCUT2D eigenvalue weighted by atomic mass is 79.9. The molecule has 1 N–H and O–H groups in total. The van der Waals surface area contributed by atoms with Gasteiger partial charge in [-0.05, 0) is 34.1 Å². The van der Waals surface area contributed by atoms with E-state index in [0.717, 1.165) is 12.6 Å². The molecule has 1 aliphatic rings. The zero-order valence-corrected chi connectivity index (χ0v) is 13.4. The van der Waals surface area contributed by atoms with Gasteiger partial charge in [0.1, 0.15) is 5.82 Å². The number of nitrogens with zero attached hydrogens (tertiary/aromatic N) is 1. The average molecular weight is 367 g/mol. The van der Waals surface area contributed by atoms with Crippen molar-refractivity contribution < 1.29 is 17.5 Å². The molecule has 0 amide bonds. The Morgan fingerprint density at radius 2 is 2.30 bits per heavy atom. The van der Waals surface area contributed by atoms with E-state index in [4.69, 9.17) is 4.74 Å².